The van der Waals surface area contributed by atoms with E-state index < -0.39 is 9.84 Å². The van der Waals surface area contributed by atoms with Gasteiger partial charge in [0.05, 0.1) is 5.75 Å². The lowest BCUT2D eigenvalue weighted by Crippen LogP contribution is -2.35. The van der Waals surface area contributed by atoms with Crippen molar-refractivity contribution in [3.63, 3.8) is 0 Å². The maximum Gasteiger partial charge on any atom is 0.151 e. The highest BCUT2D eigenvalue weighted by Crippen LogP contribution is 2.01. The van der Waals surface area contributed by atoms with Crippen LogP contribution in [0.3, 0.4) is 0 Å². The van der Waals surface area contributed by atoms with Crippen LogP contribution >= 0.6 is 11.8 Å². The second-order valence-corrected chi connectivity index (χ2v) is 7.37. The number of hydrogen-bond donors (Lipinski definition) is 2. The van der Waals surface area contributed by atoms with Crippen LogP contribution in [0.25, 0.3) is 0 Å². The monoisotopic (exact) mass is 269 g/mol. The van der Waals surface area contributed by atoms with Gasteiger partial charge in [-0.1, -0.05) is 6.92 Å². The van der Waals surface area contributed by atoms with Crippen LogP contribution in [0.5, 0.6) is 0 Å². The van der Waals surface area contributed by atoms with Crippen molar-refractivity contribution in [2.75, 3.05) is 36.2 Å². The van der Waals surface area contributed by atoms with Crippen molar-refractivity contribution in [3.05, 3.63) is 0 Å². The summed E-state index contributed by atoms with van der Waals surface area (Å²) in [7, 11) is -2.87. The normalized spacial score (nSPS) is 13.9. The summed E-state index contributed by atoms with van der Waals surface area (Å²) in [5, 5.41) is 11.8. The smallest absolute Gasteiger partial charge is 0.151 e. The molecule has 16 heavy (non-hydrogen) atoms. The lowest BCUT2D eigenvalue weighted by Gasteiger charge is -2.13. The van der Waals surface area contributed by atoms with Gasteiger partial charge in [-0.25, -0.2) is 8.42 Å². The molecule has 0 spiro atoms. The summed E-state index contributed by atoms with van der Waals surface area (Å²) in [5.41, 5.74) is 0. The number of rotatable bonds is 10. The fourth-order valence-electron chi connectivity index (χ4n) is 1.20. The third-order valence-corrected chi connectivity index (χ3v) is 5.09. The minimum absolute atomic E-state index is 0.0170. The first-order chi connectivity index (χ1) is 7.52. The van der Waals surface area contributed by atoms with Crippen LogP contribution in [0.15, 0.2) is 0 Å². The van der Waals surface area contributed by atoms with Gasteiger partial charge < -0.3 is 10.4 Å². The van der Waals surface area contributed by atoms with Crippen LogP contribution in [0.4, 0.5) is 0 Å². The Hall–Kier alpha value is 0.220. The minimum atomic E-state index is -2.87. The Morgan fingerprint density at radius 1 is 1.38 bits per heavy atom. The molecule has 2 N–H and O–H groups in total. The molecule has 0 saturated carbocycles. The predicted molar refractivity (Wildman–Crippen MR) is 70.8 cm³/mol. The maximum absolute atomic E-state index is 11.3. The van der Waals surface area contributed by atoms with E-state index in [1.165, 1.54) is 0 Å². The van der Waals surface area contributed by atoms with Gasteiger partial charge in [0.2, 0.25) is 0 Å². The summed E-state index contributed by atoms with van der Waals surface area (Å²) in [5.74, 6) is 2.34. The first-order valence-corrected chi connectivity index (χ1v) is 8.62. The average Bonchev–Trinajstić information content (AvgIpc) is 2.22. The molecule has 6 heteroatoms. The number of aliphatic hydroxyl groups excluding tert-OH is 1. The Kier molecular flexibility index (Phi) is 9.40. The van der Waals surface area contributed by atoms with Crippen molar-refractivity contribution in [1.82, 2.24) is 5.32 Å². The molecule has 0 heterocycles. The molecule has 0 radical (unpaired) electrons. The minimum Gasteiger partial charge on any atom is -0.396 e. The lowest BCUT2D eigenvalue weighted by atomic mass is 10.4. The van der Waals surface area contributed by atoms with E-state index in [2.05, 4.69) is 5.32 Å². The third-order valence-electron chi connectivity index (χ3n) is 2.13. The van der Waals surface area contributed by atoms with Gasteiger partial charge >= 0.3 is 0 Å². The molecule has 4 nitrogen and oxygen atoms in total. The zero-order valence-electron chi connectivity index (χ0n) is 10.1. The molecule has 0 aromatic rings. The van der Waals surface area contributed by atoms with E-state index in [1.54, 1.807) is 18.7 Å². The van der Waals surface area contributed by atoms with Gasteiger partial charge in [0, 0.05) is 30.7 Å². The summed E-state index contributed by atoms with van der Waals surface area (Å²) < 4.78 is 22.6. The summed E-state index contributed by atoms with van der Waals surface area (Å²) in [6.45, 7) is 4.63. The van der Waals surface area contributed by atoms with Crippen molar-refractivity contribution in [3.8, 4) is 0 Å². The van der Waals surface area contributed by atoms with Crippen molar-refractivity contribution < 1.29 is 13.5 Å². The maximum atomic E-state index is 11.3. The molecular formula is C10H23NO3S2. The lowest BCUT2D eigenvalue weighted by molar-refractivity contribution is 0.296. The van der Waals surface area contributed by atoms with E-state index in [0.29, 0.717) is 0 Å². The first kappa shape index (κ1) is 16.2. The second kappa shape index (κ2) is 9.27. The van der Waals surface area contributed by atoms with Crippen molar-refractivity contribution in [2.24, 2.45) is 0 Å². The van der Waals surface area contributed by atoms with Crippen molar-refractivity contribution >= 4 is 21.6 Å². The molecule has 0 aromatic carbocycles. The molecule has 0 fully saturated rings. The zero-order valence-corrected chi connectivity index (χ0v) is 11.7. The van der Waals surface area contributed by atoms with Gasteiger partial charge in [0.25, 0.3) is 0 Å². The third kappa shape index (κ3) is 9.45. The molecule has 0 aliphatic rings. The van der Waals surface area contributed by atoms with Crippen LogP contribution < -0.4 is 5.32 Å². The number of hydrogen-bond acceptors (Lipinski definition) is 5. The van der Waals surface area contributed by atoms with E-state index >= 15 is 0 Å². The largest absolute Gasteiger partial charge is 0.396 e. The van der Waals surface area contributed by atoms with Crippen molar-refractivity contribution in [1.29, 1.82) is 0 Å². The van der Waals surface area contributed by atoms with E-state index in [9.17, 15) is 8.42 Å². The van der Waals surface area contributed by atoms with E-state index in [-0.39, 0.29) is 24.2 Å². The summed E-state index contributed by atoms with van der Waals surface area (Å²) in [4.78, 5) is 0. The molecule has 0 aliphatic carbocycles. The van der Waals surface area contributed by atoms with Crippen LogP contribution in [-0.4, -0.2) is 55.7 Å². The highest BCUT2D eigenvalue weighted by Gasteiger charge is 2.12. The number of aliphatic hydroxyl groups is 1. The van der Waals surface area contributed by atoms with Crippen LogP contribution in [0, 0.1) is 0 Å². The van der Waals surface area contributed by atoms with E-state index in [4.69, 9.17) is 5.11 Å². The zero-order chi connectivity index (χ0) is 12.4. The molecule has 0 aliphatic heterocycles. The highest BCUT2D eigenvalue weighted by atomic mass is 32.2. The quantitative estimate of drug-likeness (QED) is 0.566. The fourth-order valence-corrected chi connectivity index (χ4v) is 3.12. The number of sulfone groups is 1. The van der Waals surface area contributed by atoms with Gasteiger partial charge in [0.1, 0.15) is 0 Å². The Morgan fingerprint density at radius 2 is 2.06 bits per heavy atom. The Morgan fingerprint density at radius 3 is 2.62 bits per heavy atom. The molecule has 98 valence electrons. The Bertz CT molecular complexity index is 255. The summed E-state index contributed by atoms with van der Waals surface area (Å²) in [6, 6.07) is 0.0170. The van der Waals surface area contributed by atoms with Crippen LogP contribution in [-0.2, 0) is 9.84 Å². The molecule has 0 bridgehead atoms. The predicted octanol–water partition coefficient (Wildman–Crippen LogP) is 0.515. The fraction of sp³-hybridized carbons (Fsp3) is 1.00. The molecule has 0 rings (SSSR count). The number of thioether (sulfide) groups is 1. The standard InChI is InChI=1S/C10H23NO3S2/c1-3-16(13,14)9-10(2)11-5-8-15-7-4-6-12/h10-12H,3-9H2,1-2H3. The molecule has 0 amide bonds. The van der Waals surface area contributed by atoms with Gasteiger partial charge in [-0.05, 0) is 19.1 Å². The van der Waals surface area contributed by atoms with Crippen molar-refractivity contribution in [2.45, 2.75) is 26.3 Å². The molecule has 0 saturated heterocycles. The molecular weight excluding hydrogens is 246 g/mol. The van der Waals surface area contributed by atoms with Gasteiger partial charge in [-0.2, -0.15) is 11.8 Å². The molecule has 1 atom stereocenters. The second-order valence-electron chi connectivity index (χ2n) is 3.74. The van der Waals surface area contributed by atoms with Crippen LogP contribution in [0.2, 0.25) is 0 Å². The summed E-state index contributed by atoms with van der Waals surface area (Å²) in [6.07, 6.45) is 0.824. The average molecular weight is 269 g/mol. The van der Waals surface area contributed by atoms with E-state index in [1.807, 2.05) is 6.92 Å². The Balaban J connectivity index is 3.48. The SMILES string of the molecule is CCS(=O)(=O)CC(C)NCCSCCCO. The number of nitrogens with one attached hydrogen (secondary N) is 1. The van der Waals surface area contributed by atoms with Gasteiger partial charge in [0.15, 0.2) is 9.84 Å². The first-order valence-electron chi connectivity index (χ1n) is 5.64. The van der Waals surface area contributed by atoms with Gasteiger partial charge in [-0.3, -0.25) is 0 Å². The molecule has 1 unspecified atom stereocenters. The van der Waals surface area contributed by atoms with E-state index in [0.717, 1.165) is 24.5 Å². The van der Waals surface area contributed by atoms with Gasteiger partial charge in [-0.15, -0.1) is 0 Å². The Labute approximate surface area is 103 Å². The highest BCUT2D eigenvalue weighted by molar-refractivity contribution is 7.99. The van der Waals surface area contributed by atoms with Crippen LogP contribution in [0.1, 0.15) is 20.3 Å². The summed E-state index contributed by atoms with van der Waals surface area (Å²) >= 11 is 1.77. The molecule has 0 aromatic heterocycles. The topological polar surface area (TPSA) is 66.4 Å².